The van der Waals surface area contributed by atoms with Crippen molar-refractivity contribution in [2.75, 3.05) is 24.7 Å². The van der Waals surface area contributed by atoms with Gasteiger partial charge in [-0.25, -0.2) is 4.79 Å². The molecule has 20 heavy (non-hydrogen) atoms. The highest BCUT2D eigenvalue weighted by molar-refractivity contribution is 5.88. The molecule has 3 rings (SSSR count). The van der Waals surface area contributed by atoms with E-state index < -0.39 is 5.60 Å². The van der Waals surface area contributed by atoms with E-state index in [0.29, 0.717) is 19.7 Å². The van der Waals surface area contributed by atoms with Gasteiger partial charge in [0.05, 0.1) is 6.61 Å². The molecule has 5 nitrogen and oxygen atoms in total. The molecule has 0 aromatic heterocycles. The van der Waals surface area contributed by atoms with E-state index in [1.807, 2.05) is 24.3 Å². The smallest absolute Gasteiger partial charge is 0.414 e. The topological polar surface area (TPSA) is 64.8 Å². The molecule has 2 fully saturated rings. The highest BCUT2D eigenvalue weighted by Gasteiger charge is 2.42. The van der Waals surface area contributed by atoms with Gasteiger partial charge in [0, 0.05) is 31.8 Å². The van der Waals surface area contributed by atoms with Crippen molar-refractivity contribution in [1.82, 2.24) is 0 Å². The Morgan fingerprint density at radius 2 is 2.05 bits per heavy atom. The van der Waals surface area contributed by atoms with Crippen LogP contribution in [-0.4, -0.2) is 31.5 Å². The van der Waals surface area contributed by atoms with Crippen molar-refractivity contribution in [3.05, 3.63) is 29.8 Å². The molecule has 2 saturated heterocycles. The van der Waals surface area contributed by atoms with E-state index in [9.17, 15) is 4.79 Å². The molecule has 1 amide bonds. The van der Waals surface area contributed by atoms with Gasteiger partial charge >= 0.3 is 6.09 Å². The maximum atomic E-state index is 12.2. The van der Waals surface area contributed by atoms with Gasteiger partial charge in [-0.1, -0.05) is 12.1 Å². The van der Waals surface area contributed by atoms with Gasteiger partial charge in [0.1, 0.15) is 5.60 Å². The van der Waals surface area contributed by atoms with E-state index in [-0.39, 0.29) is 6.09 Å². The van der Waals surface area contributed by atoms with E-state index in [0.717, 1.165) is 37.1 Å². The predicted molar refractivity (Wildman–Crippen MR) is 75.6 cm³/mol. The molecule has 5 heteroatoms. The van der Waals surface area contributed by atoms with Crippen LogP contribution in [-0.2, 0) is 16.0 Å². The number of anilines is 1. The third-order valence-corrected chi connectivity index (χ3v) is 4.09. The zero-order valence-electron chi connectivity index (χ0n) is 11.5. The predicted octanol–water partition coefficient (Wildman–Crippen LogP) is 2.04. The number of benzene rings is 1. The standard InChI is InChI=1S/C15H20N2O3/c16-10-12-2-4-13(5-3-12)17-8-7-15(20-14(17)18)6-1-9-19-11-15/h2-5H,1,6-11,16H2. The molecule has 0 bridgehead atoms. The number of hydrogen-bond donors (Lipinski definition) is 1. The van der Waals surface area contributed by atoms with E-state index in [1.165, 1.54) is 0 Å². The largest absolute Gasteiger partial charge is 0.440 e. The van der Waals surface area contributed by atoms with Gasteiger partial charge in [-0.15, -0.1) is 0 Å². The monoisotopic (exact) mass is 276 g/mol. The highest BCUT2D eigenvalue weighted by atomic mass is 16.6. The van der Waals surface area contributed by atoms with Gasteiger partial charge in [-0.2, -0.15) is 0 Å². The van der Waals surface area contributed by atoms with Crippen LogP contribution < -0.4 is 10.6 Å². The van der Waals surface area contributed by atoms with Crippen LogP contribution in [0, 0.1) is 0 Å². The van der Waals surface area contributed by atoms with Crippen LogP contribution in [0.4, 0.5) is 10.5 Å². The maximum absolute atomic E-state index is 12.2. The second-order valence-electron chi connectivity index (χ2n) is 5.48. The maximum Gasteiger partial charge on any atom is 0.414 e. The summed E-state index contributed by atoms with van der Waals surface area (Å²) >= 11 is 0. The molecular weight excluding hydrogens is 256 g/mol. The molecular formula is C15H20N2O3. The first kappa shape index (κ1) is 13.4. The number of carbonyl (C=O) groups is 1. The average molecular weight is 276 g/mol. The minimum atomic E-state index is -0.400. The van der Waals surface area contributed by atoms with Crippen molar-refractivity contribution in [2.45, 2.75) is 31.4 Å². The van der Waals surface area contributed by atoms with Gasteiger partial charge in [-0.3, -0.25) is 4.90 Å². The lowest BCUT2D eigenvalue weighted by molar-refractivity contribution is -0.100. The molecule has 1 unspecified atom stereocenters. The van der Waals surface area contributed by atoms with Gasteiger partial charge in [0.15, 0.2) is 0 Å². The molecule has 0 saturated carbocycles. The fraction of sp³-hybridized carbons (Fsp3) is 0.533. The fourth-order valence-corrected chi connectivity index (χ4v) is 2.85. The van der Waals surface area contributed by atoms with E-state index >= 15 is 0 Å². The Labute approximate surface area is 118 Å². The van der Waals surface area contributed by atoms with Gasteiger partial charge in [-0.05, 0) is 30.5 Å². The zero-order valence-corrected chi connectivity index (χ0v) is 11.5. The normalized spacial score (nSPS) is 26.6. The lowest BCUT2D eigenvalue weighted by atomic mass is 9.91. The molecule has 1 atom stereocenters. The van der Waals surface area contributed by atoms with Crippen LogP contribution >= 0.6 is 0 Å². The molecule has 1 aromatic carbocycles. The SMILES string of the molecule is NCc1ccc(N2CCC3(CCCOC3)OC2=O)cc1. The molecule has 2 N–H and O–H groups in total. The summed E-state index contributed by atoms with van der Waals surface area (Å²) in [4.78, 5) is 13.9. The van der Waals surface area contributed by atoms with Gasteiger partial charge < -0.3 is 15.2 Å². The van der Waals surface area contributed by atoms with Gasteiger partial charge in [0.25, 0.3) is 0 Å². The summed E-state index contributed by atoms with van der Waals surface area (Å²) in [6.45, 7) is 2.47. The van der Waals surface area contributed by atoms with E-state index in [4.69, 9.17) is 15.2 Å². The lowest BCUT2D eigenvalue weighted by Gasteiger charge is -2.42. The molecule has 2 aliphatic heterocycles. The summed E-state index contributed by atoms with van der Waals surface area (Å²) < 4.78 is 11.1. The number of nitrogens with zero attached hydrogens (tertiary/aromatic N) is 1. The quantitative estimate of drug-likeness (QED) is 0.897. The Morgan fingerprint density at radius 1 is 1.25 bits per heavy atom. The number of amides is 1. The van der Waals surface area contributed by atoms with Crippen molar-refractivity contribution in [3.63, 3.8) is 0 Å². The number of hydrogen-bond acceptors (Lipinski definition) is 4. The summed E-state index contributed by atoms with van der Waals surface area (Å²) in [6, 6.07) is 7.71. The van der Waals surface area contributed by atoms with Crippen LogP contribution in [0.5, 0.6) is 0 Å². The zero-order chi connectivity index (χ0) is 14.0. The van der Waals surface area contributed by atoms with Crippen molar-refractivity contribution in [3.8, 4) is 0 Å². The Bertz CT molecular complexity index is 480. The Kier molecular flexibility index (Phi) is 3.63. The van der Waals surface area contributed by atoms with Crippen LogP contribution in [0.3, 0.4) is 0 Å². The van der Waals surface area contributed by atoms with Crippen LogP contribution in [0.2, 0.25) is 0 Å². The molecule has 2 heterocycles. The van der Waals surface area contributed by atoms with Crippen LogP contribution in [0.15, 0.2) is 24.3 Å². The first-order valence-corrected chi connectivity index (χ1v) is 7.10. The second-order valence-corrected chi connectivity index (χ2v) is 5.48. The minimum Gasteiger partial charge on any atom is -0.440 e. The highest BCUT2D eigenvalue weighted by Crippen LogP contribution is 2.33. The number of ether oxygens (including phenoxy) is 2. The summed E-state index contributed by atoms with van der Waals surface area (Å²) in [5, 5.41) is 0. The fourth-order valence-electron chi connectivity index (χ4n) is 2.85. The first-order chi connectivity index (χ1) is 9.72. The van der Waals surface area contributed by atoms with Crippen molar-refractivity contribution in [1.29, 1.82) is 0 Å². The summed E-state index contributed by atoms with van der Waals surface area (Å²) in [5.41, 5.74) is 7.09. The molecule has 2 aliphatic rings. The molecule has 0 radical (unpaired) electrons. The van der Waals surface area contributed by atoms with E-state index in [2.05, 4.69) is 0 Å². The van der Waals surface area contributed by atoms with Crippen LogP contribution in [0.25, 0.3) is 0 Å². The van der Waals surface area contributed by atoms with Crippen molar-refractivity contribution in [2.24, 2.45) is 5.73 Å². The van der Waals surface area contributed by atoms with Crippen molar-refractivity contribution >= 4 is 11.8 Å². The Balaban J connectivity index is 1.72. The number of nitrogens with two attached hydrogens (primary N) is 1. The first-order valence-electron chi connectivity index (χ1n) is 7.10. The van der Waals surface area contributed by atoms with Gasteiger partial charge in [0.2, 0.25) is 0 Å². The third-order valence-electron chi connectivity index (χ3n) is 4.09. The Hall–Kier alpha value is -1.59. The third kappa shape index (κ3) is 2.51. The Morgan fingerprint density at radius 3 is 2.65 bits per heavy atom. The van der Waals surface area contributed by atoms with Crippen LogP contribution in [0.1, 0.15) is 24.8 Å². The number of carbonyl (C=O) groups excluding carboxylic acids is 1. The second kappa shape index (κ2) is 5.42. The molecule has 1 aromatic rings. The summed E-state index contributed by atoms with van der Waals surface area (Å²) in [5.74, 6) is 0. The van der Waals surface area contributed by atoms with E-state index in [1.54, 1.807) is 4.90 Å². The summed E-state index contributed by atoms with van der Waals surface area (Å²) in [7, 11) is 0. The molecule has 1 spiro atoms. The lowest BCUT2D eigenvalue weighted by Crippen LogP contribution is -2.53. The average Bonchev–Trinajstić information content (AvgIpc) is 2.48. The molecule has 0 aliphatic carbocycles. The summed E-state index contributed by atoms with van der Waals surface area (Å²) in [6.07, 6.45) is 2.40. The van der Waals surface area contributed by atoms with Crippen molar-refractivity contribution < 1.29 is 14.3 Å². The number of rotatable bonds is 2. The molecule has 108 valence electrons. The minimum absolute atomic E-state index is 0.276.